The second-order valence-electron chi connectivity index (χ2n) is 25.5. The summed E-state index contributed by atoms with van der Waals surface area (Å²) >= 11 is 3.75. The van der Waals surface area contributed by atoms with E-state index in [4.69, 9.17) is 0 Å². The van der Waals surface area contributed by atoms with Gasteiger partial charge in [-0.3, -0.25) is 0 Å². The Labute approximate surface area is 576 Å². The molecule has 0 atom stereocenters. The molecule has 0 aliphatic carbocycles. The van der Waals surface area contributed by atoms with Crippen LogP contribution >= 0.6 is 22.7 Å². The molecule has 2 nitrogen and oxygen atoms in total. The topological polar surface area (TPSA) is 6.48 Å². The summed E-state index contributed by atoms with van der Waals surface area (Å²) in [4.78, 5) is 4.91. The van der Waals surface area contributed by atoms with E-state index in [9.17, 15) is 0 Å². The second-order valence-corrected chi connectivity index (χ2v) is 27.6. The highest BCUT2D eigenvalue weighted by Crippen LogP contribution is 2.50. The number of hydrogen-bond acceptors (Lipinski definition) is 4. The molecule has 0 radical (unpaired) electrons. The van der Waals surface area contributed by atoms with Gasteiger partial charge in [-0.15, -0.1) is 22.7 Å². The molecule has 458 valence electrons. The molecule has 0 fully saturated rings. The molecule has 0 bridgehead atoms. The molecule has 0 saturated carbocycles. The first-order chi connectivity index (χ1) is 48.6. The quantitative estimate of drug-likeness (QED) is 0.113. The van der Waals surface area contributed by atoms with Crippen LogP contribution in [0.3, 0.4) is 0 Å². The summed E-state index contributed by atoms with van der Waals surface area (Å²) in [6, 6.07) is 135. The first-order valence-electron chi connectivity index (χ1n) is 33.5. The third-order valence-electron chi connectivity index (χ3n) is 19.8. The van der Waals surface area contributed by atoms with E-state index >= 15 is 0 Å². The molecule has 19 rings (SSSR count). The van der Waals surface area contributed by atoms with Crippen molar-refractivity contribution in [1.82, 2.24) is 0 Å². The Morgan fingerprint density at radius 2 is 0.541 bits per heavy atom. The Kier molecular flexibility index (Phi) is 14.0. The molecule has 0 aliphatic heterocycles. The Morgan fingerprint density at radius 3 is 1.19 bits per heavy atom. The summed E-state index contributed by atoms with van der Waals surface area (Å²) in [5.41, 5.74) is 20.9. The lowest BCUT2D eigenvalue weighted by atomic mass is 9.91. The summed E-state index contributed by atoms with van der Waals surface area (Å²) in [5, 5.41) is 14.9. The highest BCUT2D eigenvalue weighted by molar-refractivity contribution is 7.26. The molecule has 4 heteroatoms. The zero-order chi connectivity index (χ0) is 64.6. The zero-order valence-electron chi connectivity index (χ0n) is 53.4. The predicted molar refractivity (Wildman–Crippen MR) is 424 cm³/mol. The molecule has 98 heavy (non-hydrogen) atoms. The molecule has 2 heterocycles. The SMILES string of the molecule is c1ccc(-c2ccc(N(c3ccc(-c4cc5sc6ccccc6c5cc4-c4ccccc4)cc3)c3ccc4c5ccccc5c5cc(-c6ccc7c(c6)sc6cc(N(c8ccc(-c9ccccc9)cc8)c8cccc9ccccc89)c(-c8ccccc8)cc67)ccc5c4c3)cc2)cc1. The van der Waals surface area contributed by atoms with Crippen molar-refractivity contribution in [1.29, 1.82) is 0 Å². The van der Waals surface area contributed by atoms with Gasteiger partial charge in [-0.2, -0.15) is 0 Å². The van der Waals surface area contributed by atoms with Crippen LogP contribution in [-0.2, 0) is 0 Å². The summed E-state index contributed by atoms with van der Waals surface area (Å²) in [5.74, 6) is 0. The third-order valence-corrected chi connectivity index (χ3v) is 22.1. The summed E-state index contributed by atoms with van der Waals surface area (Å²) in [7, 11) is 0. The molecule has 0 N–H and O–H groups in total. The van der Waals surface area contributed by atoms with Crippen molar-refractivity contribution in [3.63, 3.8) is 0 Å². The van der Waals surface area contributed by atoms with E-state index < -0.39 is 0 Å². The number of hydrogen-bond donors (Lipinski definition) is 0. The van der Waals surface area contributed by atoms with Gasteiger partial charge in [0, 0.05) is 74.0 Å². The minimum atomic E-state index is 1.08. The summed E-state index contributed by atoms with van der Waals surface area (Å²) in [6.07, 6.45) is 0. The largest absolute Gasteiger partial charge is 0.310 e. The minimum absolute atomic E-state index is 1.08. The average Bonchev–Trinajstić information content (AvgIpc) is 0.991. The molecule has 0 aliphatic rings. The van der Waals surface area contributed by atoms with Crippen LogP contribution in [0.4, 0.5) is 34.1 Å². The van der Waals surface area contributed by atoms with Crippen molar-refractivity contribution in [3.8, 4) is 66.8 Å². The van der Waals surface area contributed by atoms with Crippen molar-refractivity contribution in [2.24, 2.45) is 0 Å². The first kappa shape index (κ1) is 57.3. The fourth-order valence-corrected chi connectivity index (χ4v) is 17.4. The van der Waals surface area contributed by atoms with Gasteiger partial charge in [0.25, 0.3) is 0 Å². The van der Waals surface area contributed by atoms with Gasteiger partial charge >= 0.3 is 0 Å². The van der Waals surface area contributed by atoms with Crippen LogP contribution in [0.2, 0.25) is 0 Å². The van der Waals surface area contributed by atoms with Crippen molar-refractivity contribution in [2.75, 3.05) is 9.80 Å². The molecule has 0 unspecified atom stereocenters. The smallest absolute Gasteiger partial charge is 0.0554 e. The van der Waals surface area contributed by atoms with Gasteiger partial charge in [-0.05, 0) is 196 Å². The number of rotatable bonds is 12. The third kappa shape index (κ3) is 10.00. The highest BCUT2D eigenvalue weighted by atomic mass is 32.1. The van der Waals surface area contributed by atoms with Gasteiger partial charge in [0.05, 0.1) is 11.4 Å². The van der Waals surface area contributed by atoms with E-state index in [1.54, 1.807) is 0 Å². The molecular formula is C94H60N2S2. The van der Waals surface area contributed by atoms with Gasteiger partial charge in [0.2, 0.25) is 0 Å². The Morgan fingerprint density at radius 1 is 0.163 bits per heavy atom. The van der Waals surface area contributed by atoms with Crippen LogP contribution in [0.1, 0.15) is 0 Å². The fraction of sp³-hybridized carbons (Fsp3) is 0. The number of fused-ring (bicyclic) bond motifs is 13. The van der Waals surface area contributed by atoms with E-state index in [-0.39, 0.29) is 0 Å². The Hall–Kier alpha value is -12.2. The Bertz CT molecular complexity index is 6250. The monoisotopic (exact) mass is 1280 g/mol. The minimum Gasteiger partial charge on any atom is -0.310 e. The van der Waals surface area contributed by atoms with Gasteiger partial charge in [0.1, 0.15) is 0 Å². The summed E-state index contributed by atoms with van der Waals surface area (Å²) in [6.45, 7) is 0. The van der Waals surface area contributed by atoms with Gasteiger partial charge < -0.3 is 9.80 Å². The number of thiophene rings is 2. The van der Waals surface area contributed by atoms with E-state index in [1.165, 1.54) is 150 Å². The van der Waals surface area contributed by atoms with E-state index in [2.05, 4.69) is 374 Å². The van der Waals surface area contributed by atoms with E-state index in [1.807, 2.05) is 22.7 Å². The second kappa shape index (κ2) is 23.9. The zero-order valence-corrected chi connectivity index (χ0v) is 55.0. The average molecular weight is 1280 g/mol. The maximum absolute atomic E-state index is 2.48. The molecule has 17 aromatic carbocycles. The molecule has 0 amide bonds. The molecule has 0 saturated heterocycles. The van der Waals surface area contributed by atoms with Crippen LogP contribution in [0, 0.1) is 0 Å². The lowest BCUT2D eigenvalue weighted by Crippen LogP contribution is -2.11. The van der Waals surface area contributed by atoms with Crippen molar-refractivity contribution in [2.45, 2.75) is 0 Å². The van der Waals surface area contributed by atoms with Crippen LogP contribution in [0.25, 0.3) is 150 Å². The predicted octanol–water partition coefficient (Wildman–Crippen LogP) is 28.0. The van der Waals surface area contributed by atoms with Gasteiger partial charge in [0.15, 0.2) is 0 Å². The van der Waals surface area contributed by atoms with Crippen LogP contribution in [-0.4, -0.2) is 0 Å². The van der Waals surface area contributed by atoms with Crippen LogP contribution in [0.15, 0.2) is 364 Å². The van der Waals surface area contributed by atoms with E-state index in [0.29, 0.717) is 0 Å². The lowest BCUT2D eigenvalue weighted by Gasteiger charge is -2.29. The molecule has 19 aromatic rings. The normalized spacial score (nSPS) is 11.7. The fourth-order valence-electron chi connectivity index (χ4n) is 15.1. The van der Waals surface area contributed by atoms with Crippen molar-refractivity contribution < 1.29 is 0 Å². The Balaban J connectivity index is 0.733. The first-order valence-corrected chi connectivity index (χ1v) is 35.1. The number of nitrogens with zero attached hydrogens (tertiary/aromatic N) is 2. The highest BCUT2D eigenvalue weighted by Gasteiger charge is 2.24. The number of benzene rings is 17. The van der Waals surface area contributed by atoms with Crippen molar-refractivity contribution >= 4 is 140 Å². The summed E-state index contributed by atoms with van der Waals surface area (Å²) < 4.78 is 5.09. The molecule has 2 aromatic heterocycles. The standard InChI is InChI=1S/C94H60N2S2/c1-5-20-61(21-6-1)63-36-44-71(45-37-63)95(72-48-40-68(41-49-72)83-59-93-87(80-33-17-18-35-91(80)97-93)57-82(83)66-24-9-3-10-25-66)74-50-53-78-76-31-15-16-32-77(76)85-54-69(42-51-79(85)86(78)56-74)70-43-52-81-88-58-84(67-26-11-4-12-27-67)90(60-94(88)98-92(81)55-70)96(89-34-19-29-65-28-13-14-30-75(65)89)73-46-38-64(39-47-73)62-22-7-2-8-23-62/h1-60H. The molecular weight excluding hydrogens is 1220 g/mol. The lowest BCUT2D eigenvalue weighted by molar-refractivity contribution is 1.29. The van der Waals surface area contributed by atoms with Gasteiger partial charge in [-0.1, -0.05) is 267 Å². The van der Waals surface area contributed by atoms with Crippen molar-refractivity contribution in [3.05, 3.63) is 364 Å². The molecule has 0 spiro atoms. The maximum atomic E-state index is 2.48. The van der Waals surface area contributed by atoms with Gasteiger partial charge in [-0.25, -0.2) is 0 Å². The van der Waals surface area contributed by atoms with Crippen LogP contribution in [0.5, 0.6) is 0 Å². The number of anilines is 6. The van der Waals surface area contributed by atoms with Crippen LogP contribution < -0.4 is 9.80 Å². The maximum Gasteiger partial charge on any atom is 0.0554 e. The van der Waals surface area contributed by atoms with E-state index in [0.717, 1.165) is 34.1 Å².